The number of aromatic nitrogens is 2. The molecule has 7 heteroatoms. The highest BCUT2D eigenvalue weighted by Crippen LogP contribution is 2.48. The van der Waals surface area contributed by atoms with Crippen molar-refractivity contribution >= 4 is 17.5 Å². The molecule has 134 valence electrons. The molecule has 2 N–H and O–H groups in total. The first-order valence-electron chi connectivity index (χ1n) is 8.98. The van der Waals surface area contributed by atoms with Gasteiger partial charge in [0.25, 0.3) is 11.8 Å². The lowest BCUT2D eigenvalue weighted by atomic mass is 9.95. The van der Waals surface area contributed by atoms with Gasteiger partial charge in [-0.25, -0.2) is 0 Å². The SMILES string of the molecule is CN1C(=O)C(NC(=O)c2n[nH]c3c2CC2CC2C3)COc2ccccc21. The largest absolute Gasteiger partial charge is 0.489 e. The van der Waals surface area contributed by atoms with Crippen LogP contribution in [0.4, 0.5) is 5.69 Å². The zero-order valence-corrected chi connectivity index (χ0v) is 14.5. The molecule has 1 aromatic heterocycles. The molecule has 0 radical (unpaired) electrons. The Morgan fingerprint density at radius 2 is 2.12 bits per heavy atom. The number of nitrogens with one attached hydrogen (secondary N) is 2. The highest BCUT2D eigenvalue weighted by Gasteiger charge is 2.43. The van der Waals surface area contributed by atoms with E-state index in [1.54, 1.807) is 7.05 Å². The molecule has 2 aliphatic carbocycles. The van der Waals surface area contributed by atoms with Crippen molar-refractivity contribution in [2.24, 2.45) is 11.8 Å². The van der Waals surface area contributed by atoms with Crippen LogP contribution >= 0.6 is 0 Å². The molecule has 3 unspecified atom stereocenters. The fourth-order valence-electron chi connectivity index (χ4n) is 4.10. The molecule has 5 rings (SSSR count). The Bertz CT molecular complexity index is 906. The van der Waals surface area contributed by atoms with Crippen LogP contribution in [0.3, 0.4) is 0 Å². The standard InChI is InChI=1S/C19H20N4O3/c1-23-15-4-2-3-5-16(15)26-9-14(19(23)25)20-18(24)17-12-7-10-6-11(10)8-13(12)21-22-17/h2-5,10-11,14H,6-9H2,1H3,(H,20,24)(H,21,22). The van der Waals surface area contributed by atoms with E-state index in [-0.39, 0.29) is 18.4 Å². The molecule has 0 saturated heterocycles. The van der Waals surface area contributed by atoms with Crippen LogP contribution in [-0.4, -0.2) is 41.7 Å². The summed E-state index contributed by atoms with van der Waals surface area (Å²) in [6, 6.07) is 6.61. The maximum Gasteiger partial charge on any atom is 0.272 e. The lowest BCUT2D eigenvalue weighted by Gasteiger charge is -2.20. The van der Waals surface area contributed by atoms with E-state index in [2.05, 4.69) is 15.5 Å². The van der Waals surface area contributed by atoms with E-state index in [0.29, 0.717) is 23.0 Å². The predicted octanol–water partition coefficient (Wildman–Crippen LogP) is 1.30. The quantitative estimate of drug-likeness (QED) is 0.853. The second-order valence-corrected chi connectivity index (χ2v) is 7.40. The average Bonchev–Trinajstić information content (AvgIpc) is 3.32. The number of amides is 2. The summed E-state index contributed by atoms with van der Waals surface area (Å²) in [5.74, 6) is 1.56. The van der Waals surface area contributed by atoms with Gasteiger partial charge in [0, 0.05) is 18.3 Å². The summed E-state index contributed by atoms with van der Waals surface area (Å²) < 4.78 is 5.75. The number of fused-ring (bicyclic) bond motifs is 3. The van der Waals surface area contributed by atoms with Crippen molar-refractivity contribution in [1.82, 2.24) is 15.5 Å². The summed E-state index contributed by atoms with van der Waals surface area (Å²) in [7, 11) is 1.69. The Balaban J connectivity index is 1.36. The first kappa shape index (κ1) is 15.4. The number of rotatable bonds is 2. The summed E-state index contributed by atoms with van der Waals surface area (Å²) >= 11 is 0. The minimum absolute atomic E-state index is 0.100. The van der Waals surface area contributed by atoms with Crippen LogP contribution in [0.15, 0.2) is 24.3 Å². The molecule has 2 aromatic rings. The number of ether oxygens (including phenoxy) is 1. The summed E-state index contributed by atoms with van der Waals surface area (Å²) in [5, 5.41) is 10.1. The Labute approximate surface area is 150 Å². The van der Waals surface area contributed by atoms with Gasteiger partial charge in [-0.1, -0.05) is 12.1 Å². The van der Waals surface area contributed by atoms with Crippen molar-refractivity contribution in [1.29, 1.82) is 0 Å². The van der Waals surface area contributed by atoms with Gasteiger partial charge in [-0.05, 0) is 43.2 Å². The number of carbonyl (C=O) groups excluding carboxylic acids is 2. The Hall–Kier alpha value is -2.83. The van der Waals surface area contributed by atoms with E-state index in [1.165, 1.54) is 11.3 Å². The van der Waals surface area contributed by atoms with Crippen LogP contribution in [-0.2, 0) is 17.6 Å². The molecule has 26 heavy (non-hydrogen) atoms. The van der Waals surface area contributed by atoms with E-state index < -0.39 is 6.04 Å². The van der Waals surface area contributed by atoms with Crippen LogP contribution in [0.2, 0.25) is 0 Å². The van der Waals surface area contributed by atoms with Crippen molar-refractivity contribution in [2.45, 2.75) is 25.3 Å². The first-order valence-corrected chi connectivity index (χ1v) is 8.98. The smallest absolute Gasteiger partial charge is 0.272 e. The van der Waals surface area contributed by atoms with Gasteiger partial charge in [0.05, 0.1) is 5.69 Å². The number of nitrogens with zero attached hydrogens (tertiary/aromatic N) is 2. The van der Waals surface area contributed by atoms with E-state index >= 15 is 0 Å². The summed E-state index contributed by atoms with van der Waals surface area (Å²) in [6.45, 7) is 0.100. The maximum absolute atomic E-state index is 12.8. The summed E-state index contributed by atoms with van der Waals surface area (Å²) in [5.41, 5.74) is 3.20. The van der Waals surface area contributed by atoms with Gasteiger partial charge < -0.3 is 15.0 Å². The number of anilines is 1. The number of hydrogen-bond acceptors (Lipinski definition) is 4. The molecule has 0 bridgehead atoms. The van der Waals surface area contributed by atoms with Crippen LogP contribution in [0.5, 0.6) is 5.75 Å². The van der Waals surface area contributed by atoms with E-state index in [0.717, 1.165) is 30.0 Å². The Morgan fingerprint density at radius 1 is 1.31 bits per heavy atom. The monoisotopic (exact) mass is 352 g/mol. The van der Waals surface area contributed by atoms with Gasteiger partial charge in [0.2, 0.25) is 0 Å². The average molecular weight is 352 g/mol. The molecule has 1 fully saturated rings. The minimum Gasteiger partial charge on any atom is -0.489 e. The number of carbonyl (C=O) groups is 2. The Morgan fingerprint density at radius 3 is 3.00 bits per heavy atom. The molecule has 0 spiro atoms. The first-order chi connectivity index (χ1) is 12.6. The van der Waals surface area contributed by atoms with Gasteiger partial charge in [-0.2, -0.15) is 5.10 Å². The third kappa shape index (κ3) is 2.38. The van der Waals surface area contributed by atoms with E-state index in [9.17, 15) is 9.59 Å². The second-order valence-electron chi connectivity index (χ2n) is 7.40. The van der Waals surface area contributed by atoms with Crippen molar-refractivity contribution in [2.75, 3.05) is 18.6 Å². The molecule has 3 aliphatic rings. The Kier molecular flexibility index (Phi) is 3.32. The molecular formula is C19H20N4O3. The van der Waals surface area contributed by atoms with Crippen molar-refractivity contribution in [3.63, 3.8) is 0 Å². The maximum atomic E-state index is 12.8. The van der Waals surface area contributed by atoms with Crippen LogP contribution in [0, 0.1) is 11.8 Å². The van der Waals surface area contributed by atoms with Gasteiger partial charge in [-0.3, -0.25) is 14.7 Å². The summed E-state index contributed by atoms with van der Waals surface area (Å²) in [4.78, 5) is 27.1. The summed E-state index contributed by atoms with van der Waals surface area (Å²) in [6.07, 6.45) is 3.12. The lowest BCUT2D eigenvalue weighted by Crippen LogP contribution is -2.49. The number of H-pyrrole nitrogens is 1. The van der Waals surface area contributed by atoms with Crippen molar-refractivity contribution in [3.05, 3.63) is 41.2 Å². The number of likely N-dealkylation sites (N-methyl/N-ethyl adjacent to an activating group) is 1. The molecule has 2 amide bonds. The highest BCUT2D eigenvalue weighted by atomic mass is 16.5. The minimum atomic E-state index is -0.746. The third-order valence-corrected chi connectivity index (χ3v) is 5.74. The fourth-order valence-corrected chi connectivity index (χ4v) is 4.10. The molecule has 1 aromatic carbocycles. The van der Waals surface area contributed by atoms with E-state index in [1.807, 2.05) is 24.3 Å². The van der Waals surface area contributed by atoms with E-state index in [4.69, 9.17) is 4.74 Å². The molecule has 1 aliphatic heterocycles. The van der Waals surface area contributed by atoms with Gasteiger partial charge >= 0.3 is 0 Å². The van der Waals surface area contributed by atoms with Crippen molar-refractivity contribution in [3.8, 4) is 5.75 Å². The molecular weight excluding hydrogens is 332 g/mol. The molecule has 2 heterocycles. The van der Waals surface area contributed by atoms with Gasteiger partial charge in [-0.15, -0.1) is 0 Å². The predicted molar refractivity (Wildman–Crippen MR) is 94.2 cm³/mol. The van der Waals surface area contributed by atoms with Crippen LogP contribution < -0.4 is 15.0 Å². The number of aromatic amines is 1. The van der Waals surface area contributed by atoms with Crippen LogP contribution in [0.25, 0.3) is 0 Å². The second kappa shape index (κ2) is 5.59. The third-order valence-electron chi connectivity index (χ3n) is 5.74. The zero-order valence-electron chi connectivity index (χ0n) is 14.5. The topological polar surface area (TPSA) is 87.3 Å². The van der Waals surface area contributed by atoms with Gasteiger partial charge in [0.15, 0.2) is 5.69 Å². The van der Waals surface area contributed by atoms with Crippen LogP contribution in [0.1, 0.15) is 28.2 Å². The molecule has 3 atom stereocenters. The molecule has 1 saturated carbocycles. The number of benzene rings is 1. The molecule has 7 nitrogen and oxygen atoms in total. The highest BCUT2D eigenvalue weighted by molar-refractivity contribution is 6.03. The number of para-hydroxylation sites is 2. The zero-order chi connectivity index (χ0) is 17.8. The normalized spacial score (nSPS) is 26.1. The van der Waals surface area contributed by atoms with Gasteiger partial charge in [0.1, 0.15) is 18.4 Å². The van der Waals surface area contributed by atoms with Crippen molar-refractivity contribution < 1.29 is 14.3 Å². The fraction of sp³-hybridized carbons (Fsp3) is 0.421. The number of hydrogen-bond donors (Lipinski definition) is 2. The lowest BCUT2D eigenvalue weighted by molar-refractivity contribution is -0.120.